The van der Waals surface area contributed by atoms with Crippen LogP contribution >= 0.6 is 0 Å². The van der Waals surface area contributed by atoms with Gasteiger partial charge in [0.1, 0.15) is 5.75 Å². The molecule has 1 nitrogen and oxygen atoms in total. The lowest BCUT2D eigenvalue weighted by Gasteiger charge is -2.24. The smallest absolute Gasteiger partial charge is 0.122 e. The van der Waals surface area contributed by atoms with Gasteiger partial charge in [0.2, 0.25) is 0 Å². The molecule has 1 aliphatic carbocycles. The highest BCUT2D eigenvalue weighted by Gasteiger charge is 2.15. The molecule has 82 valence electrons. The summed E-state index contributed by atoms with van der Waals surface area (Å²) in [5.41, 5.74) is 2.54. The molecule has 0 spiro atoms. The first-order valence-electron chi connectivity index (χ1n) is 5.99. The Morgan fingerprint density at radius 2 is 1.80 bits per heavy atom. The molecule has 1 aliphatic rings. The molecule has 1 saturated carbocycles. The van der Waals surface area contributed by atoms with Crippen molar-refractivity contribution in [3.63, 3.8) is 0 Å². The van der Waals surface area contributed by atoms with E-state index >= 15 is 0 Å². The maximum absolute atomic E-state index is 6.07. The van der Waals surface area contributed by atoms with Crippen molar-refractivity contribution in [2.75, 3.05) is 0 Å². The van der Waals surface area contributed by atoms with Crippen LogP contribution in [0.4, 0.5) is 0 Å². The van der Waals surface area contributed by atoms with Crippen LogP contribution in [0.3, 0.4) is 0 Å². The average Bonchev–Trinajstić information content (AvgIpc) is 2.25. The van der Waals surface area contributed by atoms with Crippen LogP contribution in [-0.2, 0) is 0 Å². The van der Waals surface area contributed by atoms with E-state index in [1.165, 1.54) is 43.2 Å². The third-order valence-corrected chi connectivity index (χ3v) is 3.19. The molecule has 0 saturated heterocycles. The largest absolute Gasteiger partial charge is 0.490 e. The van der Waals surface area contributed by atoms with Gasteiger partial charge >= 0.3 is 0 Å². The van der Waals surface area contributed by atoms with E-state index in [0.717, 1.165) is 5.75 Å². The highest BCUT2D eigenvalue weighted by molar-refractivity contribution is 5.36. The van der Waals surface area contributed by atoms with E-state index in [2.05, 4.69) is 32.0 Å². The van der Waals surface area contributed by atoms with Gasteiger partial charge in [0, 0.05) is 0 Å². The van der Waals surface area contributed by atoms with Crippen molar-refractivity contribution in [1.82, 2.24) is 0 Å². The number of hydrogen-bond acceptors (Lipinski definition) is 1. The highest BCUT2D eigenvalue weighted by Crippen LogP contribution is 2.26. The zero-order chi connectivity index (χ0) is 10.7. The predicted molar refractivity (Wildman–Crippen MR) is 63.4 cm³/mol. The zero-order valence-electron chi connectivity index (χ0n) is 9.75. The molecule has 1 fully saturated rings. The minimum absolute atomic E-state index is 0.458. The molecular formula is C14H20O. The molecule has 1 aromatic rings. The lowest BCUT2D eigenvalue weighted by molar-refractivity contribution is 0.154. The fourth-order valence-corrected chi connectivity index (χ4v) is 2.20. The highest BCUT2D eigenvalue weighted by atomic mass is 16.5. The molecule has 0 unspecified atom stereocenters. The van der Waals surface area contributed by atoms with E-state index in [1.54, 1.807) is 0 Å². The zero-order valence-corrected chi connectivity index (χ0v) is 9.75. The van der Waals surface area contributed by atoms with Gasteiger partial charge in [0.25, 0.3) is 0 Å². The molecule has 0 atom stereocenters. The van der Waals surface area contributed by atoms with E-state index in [1.807, 2.05) is 0 Å². The molecule has 0 amide bonds. The second-order valence-electron chi connectivity index (χ2n) is 4.65. The maximum Gasteiger partial charge on any atom is 0.122 e. The van der Waals surface area contributed by atoms with Crippen LogP contribution in [-0.4, -0.2) is 6.10 Å². The minimum Gasteiger partial charge on any atom is -0.490 e. The Morgan fingerprint density at radius 1 is 1.07 bits per heavy atom. The first-order valence-corrected chi connectivity index (χ1v) is 5.99. The van der Waals surface area contributed by atoms with Gasteiger partial charge in [-0.25, -0.2) is 0 Å². The van der Waals surface area contributed by atoms with Crippen LogP contribution in [0.15, 0.2) is 18.2 Å². The summed E-state index contributed by atoms with van der Waals surface area (Å²) in [6.07, 6.45) is 6.96. The maximum atomic E-state index is 6.07. The van der Waals surface area contributed by atoms with Gasteiger partial charge in [-0.05, 0) is 56.7 Å². The van der Waals surface area contributed by atoms with Crippen LogP contribution in [0, 0.1) is 13.8 Å². The number of ether oxygens (including phenoxy) is 1. The van der Waals surface area contributed by atoms with Crippen LogP contribution in [0.25, 0.3) is 0 Å². The third kappa shape index (κ3) is 2.74. The second-order valence-corrected chi connectivity index (χ2v) is 4.65. The van der Waals surface area contributed by atoms with E-state index in [-0.39, 0.29) is 0 Å². The van der Waals surface area contributed by atoms with Gasteiger partial charge in [0.15, 0.2) is 0 Å². The van der Waals surface area contributed by atoms with Gasteiger partial charge in [-0.2, -0.15) is 0 Å². The molecule has 1 heteroatoms. The van der Waals surface area contributed by atoms with Gasteiger partial charge in [0.05, 0.1) is 6.10 Å². The van der Waals surface area contributed by atoms with Crippen molar-refractivity contribution in [2.24, 2.45) is 0 Å². The lowest BCUT2D eigenvalue weighted by atomic mass is 9.97. The molecule has 0 heterocycles. The van der Waals surface area contributed by atoms with Crippen molar-refractivity contribution in [2.45, 2.75) is 52.1 Å². The molecule has 15 heavy (non-hydrogen) atoms. The fraction of sp³-hybridized carbons (Fsp3) is 0.571. The molecule has 0 aromatic heterocycles. The quantitative estimate of drug-likeness (QED) is 0.707. The van der Waals surface area contributed by atoms with Gasteiger partial charge in [-0.1, -0.05) is 18.6 Å². The van der Waals surface area contributed by atoms with Crippen molar-refractivity contribution in [3.8, 4) is 5.75 Å². The molecule has 0 radical (unpaired) electrons. The number of benzene rings is 1. The Kier molecular flexibility index (Phi) is 3.30. The summed E-state index contributed by atoms with van der Waals surface area (Å²) in [5.74, 6) is 1.09. The summed E-state index contributed by atoms with van der Waals surface area (Å²) in [5, 5.41) is 0. The molecule has 0 bridgehead atoms. The van der Waals surface area contributed by atoms with Crippen molar-refractivity contribution in [1.29, 1.82) is 0 Å². The standard InChI is InChI=1S/C14H20O/c1-11-8-9-12(2)14(10-11)15-13-6-4-3-5-7-13/h8-10,13H,3-7H2,1-2H3. The summed E-state index contributed by atoms with van der Waals surface area (Å²) in [4.78, 5) is 0. The van der Waals surface area contributed by atoms with Crippen LogP contribution < -0.4 is 4.74 Å². The molecule has 2 rings (SSSR count). The summed E-state index contributed by atoms with van der Waals surface area (Å²) < 4.78 is 6.07. The minimum atomic E-state index is 0.458. The first kappa shape index (κ1) is 10.5. The number of hydrogen-bond donors (Lipinski definition) is 0. The molecule has 0 aliphatic heterocycles. The monoisotopic (exact) mass is 204 g/mol. The summed E-state index contributed by atoms with van der Waals surface area (Å²) in [6.45, 7) is 4.24. The lowest BCUT2D eigenvalue weighted by Crippen LogP contribution is -2.20. The molecule has 0 N–H and O–H groups in total. The Hall–Kier alpha value is -0.980. The van der Waals surface area contributed by atoms with Crippen molar-refractivity contribution < 1.29 is 4.74 Å². The van der Waals surface area contributed by atoms with Crippen LogP contribution in [0.5, 0.6) is 5.75 Å². The van der Waals surface area contributed by atoms with E-state index < -0.39 is 0 Å². The van der Waals surface area contributed by atoms with E-state index in [4.69, 9.17) is 4.74 Å². The molecular weight excluding hydrogens is 184 g/mol. The third-order valence-electron chi connectivity index (χ3n) is 3.19. The SMILES string of the molecule is Cc1ccc(C)c(OC2CCCCC2)c1. The number of rotatable bonds is 2. The topological polar surface area (TPSA) is 9.23 Å². The summed E-state index contributed by atoms with van der Waals surface area (Å²) >= 11 is 0. The van der Waals surface area contributed by atoms with Gasteiger partial charge in [-0.15, -0.1) is 0 Å². The first-order chi connectivity index (χ1) is 7.25. The fourth-order valence-electron chi connectivity index (χ4n) is 2.20. The van der Waals surface area contributed by atoms with E-state index in [0.29, 0.717) is 6.10 Å². The Bertz CT molecular complexity index is 324. The predicted octanol–water partition coefficient (Wildman–Crippen LogP) is 4.01. The number of aryl methyl sites for hydroxylation is 2. The normalized spacial score (nSPS) is 17.7. The van der Waals surface area contributed by atoms with Crippen LogP contribution in [0.2, 0.25) is 0 Å². The van der Waals surface area contributed by atoms with Crippen molar-refractivity contribution in [3.05, 3.63) is 29.3 Å². The van der Waals surface area contributed by atoms with Gasteiger partial charge in [-0.3, -0.25) is 0 Å². The Labute approximate surface area is 92.5 Å². The van der Waals surface area contributed by atoms with Crippen LogP contribution in [0.1, 0.15) is 43.2 Å². The second kappa shape index (κ2) is 4.69. The van der Waals surface area contributed by atoms with Gasteiger partial charge < -0.3 is 4.74 Å². The summed E-state index contributed by atoms with van der Waals surface area (Å²) in [6, 6.07) is 6.44. The van der Waals surface area contributed by atoms with Crippen molar-refractivity contribution >= 4 is 0 Å². The average molecular weight is 204 g/mol. The Morgan fingerprint density at radius 3 is 2.53 bits per heavy atom. The summed E-state index contributed by atoms with van der Waals surface area (Å²) in [7, 11) is 0. The molecule has 1 aromatic carbocycles. The Balaban J connectivity index is 2.05. The van der Waals surface area contributed by atoms with E-state index in [9.17, 15) is 0 Å².